The average Bonchev–Trinajstić information content (AvgIpc) is 2.84. The normalized spacial score (nSPS) is 26.6. The third-order valence-electron chi connectivity index (χ3n) is 3.18. The van der Waals surface area contributed by atoms with E-state index in [4.69, 9.17) is 30.5 Å². The van der Waals surface area contributed by atoms with Crippen LogP contribution in [0, 0.1) is 5.92 Å². The van der Waals surface area contributed by atoms with Crippen molar-refractivity contribution in [2.45, 2.75) is 32.0 Å². The van der Waals surface area contributed by atoms with E-state index in [0.29, 0.717) is 19.8 Å². The van der Waals surface area contributed by atoms with E-state index in [9.17, 15) is 0 Å². The summed E-state index contributed by atoms with van der Waals surface area (Å²) in [5.41, 5.74) is 15.5. The van der Waals surface area contributed by atoms with E-state index in [1.807, 2.05) is 20.8 Å². The predicted octanol–water partition coefficient (Wildman–Crippen LogP) is 0.112. The van der Waals surface area contributed by atoms with Gasteiger partial charge >= 0.3 is 9.53 Å². The molecule has 0 aliphatic heterocycles. The van der Waals surface area contributed by atoms with Crippen LogP contribution in [0.2, 0.25) is 0 Å². The van der Waals surface area contributed by atoms with Gasteiger partial charge in [-0.1, -0.05) is 12.2 Å². The van der Waals surface area contributed by atoms with E-state index in [0.717, 1.165) is 0 Å². The van der Waals surface area contributed by atoms with Crippen molar-refractivity contribution in [3.63, 3.8) is 0 Å². The second-order valence-electron chi connectivity index (χ2n) is 4.44. The highest BCUT2D eigenvalue weighted by molar-refractivity contribution is 6.36. The molecule has 0 aromatic carbocycles. The van der Waals surface area contributed by atoms with Crippen LogP contribution in [0.3, 0.4) is 0 Å². The fourth-order valence-corrected chi connectivity index (χ4v) is 2.95. The highest BCUT2D eigenvalue weighted by atomic mass is 28.3. The van der Waals surface area contributed by atoms with Gasteiger partial charge in [-0.25, -0.2) is 0 Å². The van der Waals surface area contributed by atoms with E-state index in [2.05, 4.69) is 13.2 Å². The number of nitrogens with two attached hydrogens (primary N) is 3. The Hall–Kier alpha value is -0.543. The maximum absolute atomic E-state index is 5.74. The summed E-state index contributed by atoms with van der Waals surface area (Å²) in [5, 5.41) is 0. The van der Waals surface area contributed by atoms with E-state index in [1.54, 1.807) is 12.2 Å². The molecule has 1 aliphatic carbocycles. The van der Waals surface area contributed by atoms with Crippen LogP contribution in [0.4, 0.5) is 0 Å². The van der Waals surface area contributed by atoms with Crippen molar-refractivity contribution < 1.29 is 13.3 Å². The lowest BCUT2D eigenvalue weighted by Crippen LogP contribution is -2.47. The summed E-state index contributed by atoms with van der Waals surface area (Å²) < 4.78 is 15.7. The first-order chi connectivity index (χ1) is 9.35. The van der Waals surface area contributed by atoms with Gasteiger partial charge in [0.05, 0.1) is 11.2 Å². The number of rotatable bonds is 8. The van der Waals surface area contributed by atoms with E-state index in [1.165, 1.54) is 0 Å². The van der Waals surface area contributed by atoms with Crippen molar-refractivity contribution in [1.82, 2.24) is 0 Å². The van der Waals surface area contributed by atoms with Crippen LogP contribution in [-0.4, -0.2) is 40.5 Å². The number of hydrogen-bond donors (Lipinski definition) is 3. The van der Waals surface area contributed by atoms with Gasteiger partial charge in [0.25, 0.3) is 0 Å². The zero-order chi connectivity index (χ0) is 15.8. The minimum Gasteiger partial charge on any atom is -0.376 e. The number of hydrogen-bond acceptors (Lipinski definition) is 6. The summed E-state index contributed by atoms with van der Waals surface area (Å²) in [6.45, 7) is 15.0. The quantitative estimate of drug-likeness (QED) is 0.334. The molecule has 118 valence electrons. The van der Waals surface area contributed by atoms with Crippen LogP contribution < -0.4 is 17.2 Å². The lowest BCUT2D eigenvalue weighted by molar-refractivity contribution is 0.107. The topological polar surface area (TPSA) is 106 Å². The van der Waals surface area contributed by atoms with Crippen molar-refractivity contribution in [1.29, 1.82) is 0 Å². The molecular formula is C13H29N3O3Si. The summed E-state index contributed by atoms with van der Waals surface area (Å²) in [6.07, 6.45) is 3.25. The van der Waals surface area contributed by atoms with Gasteiger partial charge in [0.1, 0.15) is 0 Å². The van der Waals surface area contributed by atoms with Gasteiger partial charge in [-0.2, -0.15) is 0 Å². The van der Waals surface area contributed by atoms with E-state index in [-0.39, 0.29) is 5.92 Å². The summed E-state index contributed by atoms with van der Waals surface area (Å²) in [4.78, 5) is 0. The van der Waals surface area contributed by atoms with Crippen molar-refractivity contribution >= 4 is 9.53 Å². The van der Waals surface area contributed by atoms with Crippen molar-refractivity contribution in [2.75, 3.05) is 19.8 Å². The van der Waals surface area contributed by atoms with Crippen LogP contribution >= 0.6 is 0 Å². The molecule has 2 atom stereocenters. The molecular weight excluding hydrogens is 274 g/mol. The zero-order valence-electron chi connectivity index (χ0n) is 12.8. The zero-order valence-corrected chi connectivity index (χ0v) is 14.0. The smallest absolute Gasteiger partial charge is 0.376 e. The fourth-order valence-electron chi connectivity index (χ4n) is 1.85. The standard InChI is InChI=1S/C7H13N3.C6H16O3Si/c1-3-5-6(8,4-2)7(5,9)10;1-4-7-10(8-5-2)9-6-3/h3-5H,1-2,8-10H2;10H,4-6H2,1-3H3. The minimum absolute atomic E-state index is 0.0440. The van der Waals surface area contributed by atoms with Crippen molar-refractivity contribution in [3.8, 4) is 0 Å². The maximum atomic E-state index is 5.74. The Labute approximate surface area is 123 Å². The maximum Gasteiger partial charge on any atom is 0.484 e. The van der Waals surface area contributed by atoms with Crippen molar-refractivity contribution in [2.24, 2.45) is 23.1 Å². The summed E-state index contributed by atoms with van der Waals surface area (Å²) >= 11 is 0. The molecule has 1 rings (SSSR count). The second-order valence-corrected chi connectivity index (χ2v) is 6.02. The Morgan fingerprint density at radius 1 is 1.00 bits per heavy atom. The molecule has 2 unspecified atom stereocenters. The van der Waals surface area contributed by atoms with Gasteiger partial charge in [0, 0.05) is 25.7 Å². The molecule has 0 heterocycles. The van der Waals surface area contributed by atoms with Crippen molar-refractivity contribution in [3.05, 3.63) is 25.3 Å². The molecule has 0 aromatic rings. The summed E-state index contributed by atoms with van der Waals surface area (Å²) in [6, 6.07) is 0. The first-order valence-corrected chi connectivity index (χ1v) is 8.24. The second kappa shape index (κ2) is 8.68. The third kappa shape index (κ3) is 4.49. The first kappa shape index (κ1) is 19.5. The Morgan fingerprint density at radius 3 is 1.55 bits per heavy atom. The molecule has 7 heteroatoms. The van der Waals surface area contributed by atoms with Gasteiger partial charge in [-0.3, -0.25) is 0 Å². The van der Waals surface area contributed by atoms with Gasteiger partial charge in [-0.05, 0) is 20.8 Å². The Bertz CT molecular complexity index is 301. The molecule has 1 fully saturated rings. The molecule has 0 bridgehead atoms. The molecule has 0 spiro atoms. The minimum atomic E-state index is -1.73. The molecule has 6 nitrogen and oxygen atoms in total. The molecule has 20 heavy (non-hydrogen) atoms. The summed E-state index contributed by atoms with van der Waals surface area (Å²) in [7, 11) is -1.73. The first-order valence-electron chi connectivity index (χ1n) is 6.83. The molecule has 0 saturated heterocycles. The Morgan fingerprint density at radius 2 is 1.40 bits per heavy atom. The molecule has 0 amide bonds. The van der Waals surface area contributed by atoms with Crippen LogP contribution in [0.1, 0.15) is 20.8 Å². The van der Waals surface area contributed by atoms with Gasteiger partial charge in [0.15, 0.2) is 0 Å². The third-order valence-corrected chi connectivity index (χ3v) is 4.99. The lowest BCUT2D eigenvalue weighted by Gasteiger charge is -2.12. The van der Waals surface area contributed by atoms with E-state index >= 15 is 0 Å². The van der Waals surface area contributed by atoms with Gasteiger partial charge in [-0.15, -0.1) is 13.2 Å². The monoisotopic (exact) mass is 303 g/mol. The predicted molar refractivity (Wildman–Crippen MR) is 83.9 cm³/mol. The van der Waals surface area contributed by atoms with Gasteiger partial charge < -0.3 is 30.5 Å². The molecule has 1 saturated carbocycles. The van der Waals surface area contributed by atoms with E-state index < -0.39 is 20.7 Å². The SMILES string of the molecule is C=CC1C(N)(N)C1(N)C=C.CCO[SiH](OCC)OCC. The largest absolute Gasteiger partial charge is 0.484 e. The van der Waals surface area contributed by atoms with Crippen LogP contribution in [0.15, 0.2) is 25.3 Å². The van der Waals surface area contributed by atoms with Crippen LogP contribution in [0.5, 0.6) is 0 Å². The molecule has 0 radical (unpaired) electrons. The average molecular weight is 303 g/mol. The van der Waals surface area contributed by atoms with Crippen LogP contribution in [-0.2, 0) is 13.3 Å². The van der Waals surface area contributed by atoms with Gasteiger partial charge in [0.2, 0.25) is 0 Å². The fraction of sp³-hybridized carbons (Fsp3) is 0.692. The Kier molecular flexibility index (Phi) is 8.44. The van der Waals surface area contributed by atoms with Crippen LogP contribution in [0.25, 0.3) is 0 Å². The molecule has 1 aliphatic rings. The molecule has 0 aromatic heterocycles. The highest BCUT2D eigenvalue weighted by Crippen LogP contribution is 2.47. The summed E-state index contributed by atoms with van der Waals surface area (Å²) in [5.74, 6) is -0.0440. The molecule has 6 N–H and O–H groups in total. The Balaban J connectivity index is 0.000000361. The lowest BCUT2D eigenvalue weighted by atomic mass is 10.2. The highest BCUT2D eigenvalue weighted by Gasteiger charge is 2.68.